The van der Waals surface area contributed by atoms with Crippen molar-refractivity contribution in [2.75, 3.05) is 0 Å². The van der Waals surface area contributed by atoms with E-state index in [1.54, 1.807) is 0 Å². The van der Waals surface area contributed by atoms with E-state index in [0.717, 1.165) is 83.2 Å². The van der Waals surface area contributed by atoms with Crippen molar-refractivity contribution >= 4 is 76.5 Å². The van der Waals surface area contributed by atoms with E-state index in [-0.39, 0.29) is 0 Å². The second kappa shape index (κ2) is 14.7. The van der Waals surface area contributed by atoms with Gasteiger partial charge in [-0.05, 0) is 113 Å². The van der Waals surface area contributed by atoms with E-state index in [0.29, 0.717) is 5.82 Å². The molecule has 4 aromatic heterocycles. The van der Waals surface area contributed by atoms with Crippen LogP contribution in [0.2, 0.25) is 0 Å². The molecule has 4 heterocycles. The molecule has 0 atom stereocenters. The van der Waals surface area contributed by atoms with Crippen molar-refractivity contribution in [3.05, 3.63) is 231 Å². The molecule has 5 nitrogen and oxygen atoms in total. The maximum absolute atomic E-state index is 6.59. The molecule has 0 aliphatic carbocycles. The smallest absolute Gasteiger partial charge is 0.160 e. The minimum atomic E-state index is 0.696. The van der Waals surface area contributed by atoms with E-state index in [9.17, 15) is 0 Å². The van der Waals surface area contributed by atoms with Gasteiger partial charge in [-0.25, -0.2) is 9.97 Å². The van der Waals surface area contributed by atoms with Crippen LogP contribution in [-0.2, 0) is 0 Å². The Morgan fingerprint density at radius 1 is 0.313 bits per heavy atom. The van der Waals surface area contributed by atoms with Crippen molar-refractivity contribution in [1.82, 2.24) is 19.1 Å². The Kier molecular flexibility index (Phi) is 8.21. The molecule has 0 aliphatic rings. The fourth-order valence-corrected chi connectivity index (χ4v) is 10.4. The molecule has 0 saturated heterocycles. The number of aromatic nitrogens is 4. The number of para-hydroxylation sites is 4. The number of furan rings is 1. The minimum Gasteiger partial charge on any atom is -0.456 e. The normalized spacial score (nSPS) is 11.9. The SMILES string of the molecule is c1ccc(-c2nc(-c3cccc4oc5ccc(-c6ccc7c(c6)c6cc(-c8ccc9c(c8)c8ccccc8n9-c8ccccc8)ccc6n7-c6ccccc6)cc5c34)c3ccccc3n2)cc1. The number of hydrogen-bond donors (Lipinski definition) is 0. The van der Waals surface area contributed by atoms with E-state index in [4.69, 9.17) is 14.4 Å². The topological polar surface area (TPSA) is 48.8 Å². The van der Waals surface area contributed by atoms with E-state index in [1.807, 2.05) is 24.3 Å². The zero-order valence-electron chi connectivity index (χ0n) is 36.1. The van der Waals surface area contributed by atoms with Gasteiger partial charge in [0.05, 0.1) is 33.3 Å². The summed E-state index contributed by atoms with van der Waals surface area (Å²) in [5.41, 5.74) is 17.0. The summed E-state index contributed by atoms with van der Waals surface area (Å²) in [6.45, 7) is 0. The van der Waals surface area contributed by atoms with Gasteiger partial charge in [0.2, 0.25) is 0 Å². The molecule has 0 N–H and O–H groups in total. The zero-order chi connectivity index (χ0) is 44.0. The Hall–Kier alpha value is -9.06. The summed E-state index contributed by atoms with van der Waals surface area (Å²) < 4.78 is 11.4. The summed E-state index contributed by atoms with van der Waals surface area (Å²) in [7, 11) is 0. The van der Waals surface area contributed by atoms with E-state index >= 15 is 0 Å². The van der Waals surface area contributed by atoms with Gasteiger partial charge in [0, 0.05) is 60.2 Å². The number of rotatable bonds is 6. The maximum Gasteiger partial charge on any atom is 0.160 e. The lowest BCUT2D eigenvalue weighted by Crippen LogP contribution is -1.95. The van der Waals surface area contributed by atoms with Gasteiger partial charge in [0.15, 0.2) is 5.82 Å². The van der Waals surface area contributed by atoms with Crippen LogP contribution in [0.5, 0.6) is 0 Å². The molecular weight excluding hydrogens is 817 g/mol. The van der Waals surface area contributed by atoms with Gasteiger partial charge < -0.3 is 13.6 Å². The number of fused-ring (bicyclic) bond motifs is 10. The molecule has 0 fully saturated rings. The molecule has 10 aromatic carbocycles. The van der Waals surface area contributed by atoms with Gasteiger partial charge in [0.25, 0.3) is 0 Å². The maximum atomic E-state index is 6.59. The first-order valence-corrected chi connectivity index (χ1v) is 22.7. The summed E-state index contributed by atoms with van der Waals surface area (Å²) >= 11 is 0. The molecule has 14 rings (SSSR count). The monoisotopic (exact) mass is 854 g/mol. The van der Waals surface area contributed by atoms with Crippen LogP contribution in [0.4, 0.5) is 0 Å². The molecule has 5 heteroatoms. The van der Waals surface area contributed by atoms with Crippen molar-refractivity contribution in [1.29, 1.82) is 0 Å². The van der Waals surface area contributed by atoms with Crippen LogP contribution in [-0.4, -0.2) is 19.1 Å². The van der Waals surface area contributed by atoms with E-state index in [1.165, 1.54) is 43.7 Å². The lowest BCUT2D eigenvalue weighted by molar-refractivity contribution is 0.669. The van der Waals surface area contributed by atoms with Crippen LogP contribution >= 0.6 is 0 Å². The van der Waals surface area contributed by atoms with Crippen molar-refractivity contribution in [2.24, 2.45) is 0 Å². The lowest BCUT2D eigenvalue weighted by atomic mass is 9.97. The molecule has 0 aliphatic heterocycles. The Morgan fingerprint density at radius 3 is 1.43 bits per heavy atom. The molecule has 67 heavy (non-hydrogen) atoms. The Balaban J connectivity index is 0.944. The highest BCUT2D eigenvalue weighted by molar-refractivity contribution is 6.17. The third-order valence-electron chi connectivity index (χ3n) is 13.5. The Bertz CT molecular complexity index is 4260. The van der Waals surface area contributed by atoms with Gasteiger partial charge in [-0.2, -0.15) is 0 Å². The Morgan fingerprint density at radius 2 is 0.806 bits per heavy atom. The highest BCUT2D eigenvalue weighted by Gasteiger charge is 2.20. The molecule has 14 aromatic rings. The molecule has 0 saturated carbocycles. The summed E-state index contributed by atoms with van der Waals surface area (Å²) in [6, 6.07) is 82.2. The van der Waals surface area contributed by atoms with Crippen molar-refractivity contribution in [2.45, 2.75) is 0 Å². The third kappa shape index (κ3) is 5.88. The number of nitrogens with zero attached hydrogens (tertiary/aromatic N) is 4. The van der Waals surface area contributed by atoms with Gasteiger partial charge in [-0.1, -0.05) is 140 Å². The summed E-state index contributed by atoms with van der Waals surface area (Å²) in [4.78, 5) is 10.3. The molecule has 0 bridgehead atoms. The first-order valence-electron chi connectivity index (χ1n) is 22.7. The van der Waals surface area contributed by atoms with Gasteiger partial charge >= 0.3 is 0 Å². The average molecular weight is 855 g/mol. The molecule has 0 spiro atoms. The van der Waals surface area contributed by atoms with Crippen LogP contribution in [0, 0.1) is 0 Å². The standard InChI is InChI=1S/C62H38N4O/c1-4-15-39(16-5-1)62-63-53-24-12-10-22-47(53)61(64-62)48-23-14-26-59-60(48)52-38-43(30-34-58(52)67-59)42-29-33-57-51(37-42)50-36-41(28-32-56(50)66(57)45-19-8-3-9-20-45)40-27-31-55-49(35-40)46-21-11-13-25-54(46)65(55)44-17-6-2-7-18-44/h1-38H. The average Bonchev–Trinajstić information content (AvgIpc) is 4.06. The molecular formula is C62H38N4O. The van der Waals surface area contributed by atoms with Crippen molar-refractivity contribution in [3.63, 3.8) is 0 Å². The van der Waals surface area contributed by atoms with E-state index < -0.39 is 0 Å². The summed E-state index contributed by atoms with van der Waals surface area (Å²) in [5, 5.41) is 7.96. The second-order valence-electron chi connectivity index (χ2n) is 17.3. The fraction of sp³-hybridized carbons (Fsp3) is 0. The number of hydrogen-bond acceptors (Lipinski definition) is 3. The van der Waals surface area contributed by atoms with Crippen LogP contribution in [0.25, 0.3) is 133 Å². The largest absolute Gasteiger partial charge is 0.456 e. The molecule has 312 valence electrons. The predicted molar refractivity (Wildman–Crippen MR) is 277 cm³/mol. The Labute approximate surface area is 385 Å². The first kappa shape index (κ1) is 37.3. The zero-order valence-corrected chi connectivity index (χ0v) is 36.1. The fourth-order valence-electron chi connectivity index (χ4n) is 10.4. The summed E-state index contributed by atoms with van der Waals surface area (Å²) in [5.74, 6) is 0.696. The predicted octanol–water partition coefficient (Wildman–Crippen LogP) is 16.4. The van der Waals surface area contributed by atoms with Gasteiger partial charge in [-0.15, -0.1) is 0 Å². The molecule has 0 unspecified atom stereocenters. The third-order valence-corrected chi connectivity index (χ3v) is 13.5. The van der Waals surface area contributed by atoms with Crippen LogP contribution < -0.4 is 0 Å². The van der Waals surface area contributed by atoms with Gasteiger partial charge in [-0.3, -0.25) is 0 Å². The summed E-state index contributed by atoms with van der Waals surface area (Å²) in [6.07, 6.45) is 0. The number of benzene rings is 10. The minimum absolute atomic E-state index is 0.696. The van der Waals surface area contributed by atoms with Crippen molar-refractivity contribution < 1.29 is 4.42 Å². The van der Waals surface area contributed by atoms with Gasteiger partial charge in [0.1, 0.15) is 11.2 Å². The van der Waals surface area contributed by atoms with Crippen LogP contribution in [0.1, 0.15) is 0 Å². The molecule has 0 radical (unpaired) electrons. The lowest BCUT2D eigenvalue weighted by Gasteiger charge is -2.10. The molecule has 0 amide bonds. The highest BCUT2D eigenvalue weighted by atomic mass is 16.3. The van der Waals surface area contributed by atoms with Crippen molar-refractivity contribution in [3.8, 4) is 56.3 Å². The first-order chi connectivity index (χ1) is 33.2. The van der Waals surface area contributed by atoms with Crippen LogP contribution in [0.15, 0.2) is 235 Å². The quantitative estimate of drug-likeness (QED) is 0.167. The van der Waals surface area contributed by atoms with Crippen LogP contribution in [0.3, 0.4) is 0 Å². The van der Waals surface area contributed by atoms with E-state index in [2.05, 4.69) is 215 Å². The highest BCUT2D eigenvalue weighted by Crippen LogP contribution is 2.43. The second-order valence-corrected chi connectivity index (χ2v) is 17.3.